The minimum Gasteiger partial charge on any atom is -0.496 e. The minimum absolute atomic E-state index is 0.201. The van der Waals surface area contributed by atoms with Gasteiger partial charge in [-0.2, -0.15) is 0 Å². The average Bonchev–Trinajstić information content (AvgIpc) is 2.66. The Kier molecular flexibility index (Phi) is 5.83. The molecule has 0 aliphatic carbocycles. The van der Waals surface area contributed by atoms with Gasteiger partial charge in [-0.3, -0.25) is 4.72 Å². The smallest absolute Gasteiger partial charge is 0.262 e. The third-order valence-electron chi connectivity index (χ3n) is 5.84. The van der Waals surface area contributed by atoms with E-state index in [0.717, 1.165) is 34.2 Å². The molecular formula is C22H30N2O4S. The average molecular weight is 419 g/mol. The quantitative estimate of drug-likeness (QED) is 0.804. The molecule has 0 bridgehead atoms. The molecule has 0 spiro atoms. The molecule has 6 nitrogen and oxygen atoms in total. The number of methoxy groups -OCH3 is 1. The second-order valence-electron chi connectivity index (χ2n) is 7.95. The monoisotopic (exact) mass is 418 g/mol. The maximum atomic E-state index is 13.4. The molecule has 1 heterocycles. The van der Waals surface area contributed by atoms with Crippen LogP contribution in [0.1, 0.15) is 27.8 Å². The topological polar surface area (TPSA) is 67.9 Å². The van der Waals surface area contributed by atoms with E-state index in [9.17, 15) is 8.42 Å². The van der Waals surface area contributed by atoms with Crippen molar-refractivity contribution in [2.45, 2.75) is 45.1 Å². The highest BCUT2D eigenvalue weighted by atomic mass is 32.2. The minimum atomic E-state index is -3.78. The number of nitrogens with zero attached hydrogens (tertiary/aromatic N) is 1. The summed E-state index contributed by atoms with van der Waals surface area (Å²) < 4.78 is 41.0. The summed E-state index contributed by atoms with van der Waals surface area (Å²) in [5.41, 5.74) is 4.75. The van der Waals surface area contributed by atoms with Gasteiger partial charge in [-0.15, -0.1) is 0 Å². The summed E-state index contributed by atoms with van der Waals surface area (Å²) in [6.45, 7) is 8.04. The summed E-state index contributed by atoms with van der Waals surface area (Å²) >= 11 is 0. The molecule has 7 heteroatoms. The zero-order chi connectivity index (χ0) is 21.5. The van der Waals surface area contributed by atoms with Crippen LogP contribution >= 0.6 is 0 Å². The number of hydrogen-bond donors (Lipinski definition) is 1. The van der Waals surface area contributed by atoms with E-state index in [0.29, 0.717) is 28.7 Å². The Bertz CT molecular complexity index is 1020. The van der Waals surface area contributed by atoms with Crippen LogP contribution in [0.3, 0.4) is 0 Å². The van der Waals surface area contributed by atoms with Crippen molar-refractivity contribution < 1.29 is 17.9 Å². The fourth-order valence-corrected chi connectivity index (χ4v) is 5.51. The molecule has 0 aromatic heterocycles. The molecule has 1 aliphatic rings. The van der Waals surface area contributed by atoms with Crippen molar-refractivity contribution in [3.8, 4) is 11.5 Å². The van der Waals surface area contributed by atoms with Gasteiger partial charge in [0, 0.05) is 11.6 Å². The Hall–Kier alpha value is -2.25. The van der Waals surface area contributed by atoms with Crippen molar-refractivity contribution in [2.75, 3.05) is 32.5 Å². The maximum absolute atomic E-state index is 13.4. The molecule has 0 fully saturated rings. The first-order valence-electron chi connectivity index (χ1n) is 9.66. The predicted octanol–water partition coefficient (Wildman–Crippen LogP) is 3.59. The third kappa shape index (κ3) is 3.94. The van der Waals surface area contributed by atoms with Crippen LogP contribution in [0.15, 0.2) is 23.1 Å². The van der Waals surface area contributed by atoms with E-state index in [1.807, 2.05) is 47.9 Å². The van der Waals surface area contributed by atoms with Gasteiger partial charge in [-0.05, 0) is 82.6 Å². The number of ether oxygens (including phenoxy) is 2. The van der Waals surface area contributed by atoms with Crippen molar-refractivity contribution in [2.24, 2.45) is 0 Å². The Morgan fingerprint density at radius 2 is 1.72 bits per heavy atom. The van der Waals surface area contributed by atoms with E-state index >= 15 is 0 Å². The highest BCUT2D eigenvalue weighted by Gasteiger charge is 2.29. The predicted molar refractivity (Wildman–Crippen MR) is 116 cm³/mol. The normalized spacial score (nSPS) is 16.3. The number of anilines is 1. The van der Waals surface area contributed by atoms with Gasteiger partial charge in [-0.25, -0.2) is 8.42 Å². The number of nitrogens with one attached hydrogen (secondary N) is 1. The number of rotatable bonds is 5. The summed E-state index contributed by atoms with van der Waals surface area (Å²) in [4.78, 5) is 2.43. The van der Waals surface area contributed by atoms with Crippen LogP contribution in [-0.2, 0) is 16.4 Å². The van der Waals surface area contributed by atoms with Crippen molar-refractivity contribution in [3.63, 3.8) is 0 Å². The second-order valence-corrected chi connectivity index (χ2v) is 9.57. The lowest BCUT2D eigenvalue weighted by atomic mass is 10.00. The Balaban J connectivity index is 2.07. The zero-order valence-electron chi connectivity index (χ0n) is 18.2. The van der Waals surface area contributed by atoms with E-state index < -0.39 is 10.0 Å². The molecular weight excluding hydrogens is 388 g/mol. The summed E-state index contributed by atoms with van der Waals surface area (Å²) in [6, 6.07) is 5.72. The van der Waals surface area contributed by atoms with Gasteiger partial charge in [0.2, 0.25) is 0 Å². The van der Waals surface area contributed by atoms with Crippen LogP contribution in [0.5, 0.6) is 11.5 Å². The van der Waals surface area contributed by atoms with Crippen LogP contribution in [0.2, 0.25) is 0 Å². The lowest BCUT2D eigenvalue weighted by molar-refractivity contribution is 0.164. The van der Waals surface area contributed by atoms with Crippen molar-refractivity contribution in [1.29, 1.82) is 0 Å². The van der Waals surface area contributed by atoms with Crippen LogP contribution < -0.4 is 14.2 Å². The molecule has 0 unspecified atom stereocenters. The molecule has 158 valence electrons. The van der Waals surface area contributed by atoms with E-state index in [1.165, 1.54) is 0 Å². The fraction of sp³-hybridized carbons (Fsp3) is 0.455. The number of aryl methyl sites for hydroxylation is 2. The molecule has 0 radical (unpaired) electrons. The largest absolute Gasteiger partial charge is 0.496 e. The number of fused-ring (bicyclic) bond motifs is 1. The van der Waals surface area contributed by atoms with Gasteiger partial charge < -0.3 is 14.4 Å². The lowest BCUT2D eigenvalue weighted by Gasteiger charge is -2.32. The maximum Gasteiger partial charge on any atom is 0.262 e. The van der Waals surface area contributed by atoms with Crippen molar-refractivity contribution in [3.05, 3.63) is 46.0 Å². The number of hydrogen-bond acceptors (Lipinski definition) is 5. The Morgan fingerprint density at radius 1 is 1.10 bits per heavy atom. The van der Waals surface area contributed by atoms with Crippen LogP contribution in [-0.4, -0.2) is 47.2 Å². The lowest BCUT2D eigenvalue weighted by Crippen LogP contribution is -2.38. The summed E-state index contributed by atoms with van der Waals surface area (Å²) in [5, 5.41) is 0. The third-order valence-corrected chi connectivity index (χ3v) is 7.48. The molecule has 1 aliphatic heterocycles. The highest BCUT2D eigenvalue weighted by Crippen LogP contribution is 2.41. The summed E-state index contributed by atoms with van der Waals surface area (Å²) in [7, 11) is 1.84. The first-order valence-corrected chi connectivity index (χ1v) is 11.1. The Labute approximate surface area is 173 Å². The molecule has 1 atom stereocenters. The van der Waals surface area contributed by atoms with Gasteiger partial charge in [0.05, 0.1) is 17.7 Å². The number of sulfonamides is 1. The van der Waals surface area contributed by atoms with Crippen LogP contribution in [0, 0.1) is 27.7 Å². The van der Waals surface area contributed by atoms with E-state index in [2.05, 4.69) is 9.62 Å². The van der Waals surface area contributed by atoms with E-state index in [-0.39, 0.29) is 6.04 Å². The zero-order valence-corrected chi connectivity index (χ0v) is 19.0. The highest BCUT2D eigenvalue weighted by molar-refractivity contribution is 7.92. The summed E-state index contributed by atoms with van der Waals surface area (Å²) in [5.74, 6) is 1.25. The molecule has 3 rings (SSSR count). The molecule has 1 N–H and O–H groups in total. The number of likely N-dealkylation sites (N-methyl/N-ethyl adjacent to an activating group) is 1. The Morgan fingerprint density at radius 3 is 2.28 bits per heavy atom. The van der Waals surface area contributed by atoms with Gasteiger partial charge >= 0.3 is 0 Å². The van der Waals surface area contributed by atoms with Crippen LogP contribution in [0.4, 0.5) is 5.69 Å². The SMILES string of the molecule is COc1ccc(NS(=O)(=O)c2c(C)c(C)cc(C)c2C)c2c1C[C@@H](N(C)C)CO2. The van der Waals surface area contributed by atoms with E-state index in [1.54, 1.807) is 19.2 Å². The van der Waals surface area contributed by atoms with Gasteiger partial charge in [-0.1, -0.05) is 6.07 Å². The molecule has 2 aromatic rings. The second kappa shape index (κ2) is 7.88. The number of benzene rings is 2. The standard InChI is InChI=1S/C22H30N2O4S/c1-13-10-14(2)16(4)22(15(13)3)29(25,26)23-19-8-9-20(27-7)18-11-17(24(5)6)12-28-21(18)19/h8-10,17,23H,11-12H2,1-7H3/t17-/m1/s1. The van der Waals surface area contributed by atoms with Crippen molar-refractivity contribution >= 4 is 15.7 Å². The van der Waals surface area contributed by atoms with Crippen molar-refractivity contribution in [1.82, 2.24) is 4.90 Å². The van der Waals surface area contributed by atoms with Gasteiger partial charge in [0.1, 0.15) is 18.1 Å². The molecule has 0 saturated carbocycles. The first-order chi connectivity index (χ1) is 13.6. The van der Waals surface area contributed by atoms with E-state index in [4.69, 9.17) is 9.47 Å². The van der Waals surface area contributed by atoms with Gasteiger partial charge in [0.25, 0.3) is 10.0 Å². The molecule has 0 saturated heterocycles. The molecule has 2 aromatic carbocycles. The first kappa shape index (κ1) is 21.5. The fourth-order valence-electron chi connectivity index (χ4n) is 3.82. The molecule has 29 heavy (non-hydrogen) atoms. The van der Waals surface area contributed by atoms with Gasteiger partial charge in [0.15, 0.2) is 0 Å². The summed E-state index contributed by atoms with van der Waals surface area (Å²) in [6.07, 6.45) is 0.725. The van der Waals surface area contributed by atoms with Crippen LogP contribution in [0.25, 0.3) is 0 Å². The molecule has 0 amide bonds.